The van der Waals surface area contributed by atoms with Gasteiger partial charge < -0.3 is 0 Å². The van der Waals surface area contributed by atoms with E-state index in [1.165, 1.54) is 51.1 Å². The van der Waals surface area contributed by atoms with E-state index in [2.05, 4.69) is 45.0 Å². The predicted octanol–water partition coefficient (Wildman–Crippen LogP) is 5.82. The zero-order valence-corrected chi connectivity index (χ0v) is 16.4. The molecule has 0 nitrogen and oxygen atoms in total. The lowest BCUT2D eigenvalue weighted by atomic mass is 10.1. The van der Waals surface area contributed by atoms with Crippen molar-refractivity contribution in [1.29, 1.82) is 0 Å². The lowest BCUT2D eigenvalue weighted by Gasteiger charge is -2.30. The highest BCUT2D eigenvalue weighted by atomic mass is 31.1. The Morgan fingerprint density at radius 2 is 1.41 bits per heavy atom. The minimum Gasteiger partial charge on any atom is -0.0715 e. The van der Waals surface area contributed by atoms with E-state index in [1.54, 1.807) is 0 Å². The lowest BCUT2D eigenvalue weighted by Crippen LogP contribution is -2.28. The molecule has 122 valence electrons. The number of benzene rings is 1. The second-order valence-corrected chi connectivity index (χ2v) is 12.4. The average molecular weight is 334 g/mol. The van der Waals surface area contributed by atoms with Gasteiger partial charge in [0.25, 0.3) is 0 Å². The Balaban J connectivity index is 1.96. The monoisotopic (exact) mass is 334 g/mol. The molecule has 0 radical (unpaired) electrons. The first-order chi connectivity index (χ1) is 10.8. The molecule has 0 N–H and O–H groups in total. The predicted molar refractivity (Wildman–Crippen MR) is 105 cm³/mol. The quantitative estimate of drug-likeness (QED) is 0.595. The van der Waals surface area contributed by atoms with E-state index in [-0.39, 0.29) is 15.8 Å². The summed E-state index contributed by atoms with van der Waals surface area (Å²) in [6.45, 7) is 7.27. The summed E-state index contributed by atoms with van der Waals surface area (Å²) in [7, 11) is 0.215. The van der Waals surface area contributed by atoms with Crippen molar-refractivity contribution in [2.75, 3.05) is 6.16 Å². The highest BCUT2D eigenvalue weighted by Gasteiger charge is 2.37. The molecular weight excluding hydrogens is 302 g/mol. The fourth-order valence-electron chi connectivity index (χ4n) is 4.66. The fourth-order valence-corrected chi connectivity index (χ4v) is 12.1. The van der Waals surface area contributed by atoms with Gasteiger partial charge in [-0.15, -0.1) is 0 Å². The molecule has 0 spiro atoms. The Hall–Kier alpha value is 0.0800. The van der Waals surface area contributed by atoms with Crippen LogP contribution in [0.2, 0.25) is 0 Å². The Morgan fingerprint density at radius 1 is 0.818 bits per heavy atom. The van der Waals surface area contributed by atoms with Crippen molar-refractivity contribution in [2.24, 2.45) is 0 Å². The van der Waals surface area contributed by atoms with Gasteiger partial charge in [0.15, 0.2) is 0 Å². The van der Waals surface area contributed by atoms with Crippen molar-refractivity contribution >= 4 is 26.5 Å². The molecule has 2 aliphatic rings. The zero-order chi connectivity index (χ0) is 15.5. The number of hydrogen-bond acceptors (Lipinski definition) is 0. The first-order valence-electron chi connectivity index (χ1n) is 9.44. The summed E-state index contributed by atoms with van der Waals surface area (Å²) in [6, 6.07) is 9.70. The van der Waals surface area contributed by atoms with Crippen molar-refractivity contribution in [3.05, 3.63) is 24.3 Å². The number of hydrogen-bond donors (Lipinski definition) is 0. The molecule has 0 aliphatic carbocycles. The minimum atomic E-state index is 0.0880. The Bertz CT molecular complexity index is 472. The maximum Gasteiger partial charge on any atom is -0.0158 e. The van der Waals surface area contributed by atoms with Crippen LogP contribution in [0.15, 0.2) is 24.3 Å². The smallest absolute Gasteiger partial charge is 0.0158 e. The van der Waals surface area contributed by atoms with Gasteiger partial charge in [-0.3, -0.25) is 0 Å². The van der Waals surface area contributed by atoms with E-state index in [0.717, 1.165) is 17.0 Å². The minimum absolute atomic E-state index is 0.0880. The molecule has 0 saturated carbocycles. The first kappa shape index (κ1) is 16.9. The maximum atomic E-state index is 2.53. The van der Waals surface area contributed by atoms with Crippen molar-refractivity contribution in [1.82, 2.24) is 0 Å². The Labute approximate surface area is 140 Å². The molecule has 3 rings (SSSR count). The molecule has 1 aromatic rings. The lowest BCUT2D eigenvalue weighted by molar-refractivity contribution is 0.696. The van der Waals surface area contributed by atoms with Gasteiger partial charge in [0.2, 0.25) is 0 Å². The molecule has 2 aliphatic heterocycles. The second-order valence-electron chi connectivity index (χ2n) is 7.00. The normalized spacial score (nSPS) is 32.7. The SMILES string of the molecule is CC[C@H]1CCCP1c1ccccc1P1[C@@H](CC)CC[C@@H]1CC. The van der Waals surface area contributed by atoms with Crippen molar-refractivity contribution in [2.45, 2.75) is 82.7 Å². The van der Waals surface area contributed by atoms with E-state index in [9.17, 15) is 0 Å². The van der Waals surface area contributed by atoms with Crippen LogP contribution in [0.25, 0.3) is 0 Å². The van der Waals surface area contributed by atoms with Crippen LogP contribution in [0.1, 0.15) is 65.7 Å². The maximum absolute atomic E-state index is 2.53. The van der Waals surface area contributed by atoms with Crippen LogP contribution >= 0.6 is 15.8 Å². The van der Waals surface area contributed by atoms with Crippen LogP contribution < -0.4 is 10.6 Å². The van der Waals surface area contributed by atoms with Crippen molar-refractivity contribution in [3.8, 4) is 0 Å². The van der Waals surface area contributed by atoms with Crippen LogP contribution in [0, 0.1) is 0 Å². The summed E-state index contributed by atoms with van der Waals surface area (Å²) in [5, 5.41) is 3.66. The largest absolute Gasteiger partial charge is 0.0715 e. The third-order valence-electron chi connectivity index (χ3n) is 5.88. The van der Waals surface area contributed by atoms with E-state index in [4.69, 9.17) is 0 Å². The molecular formula is C20H32P2. The summed E-state index contributed by atoms with van der Waals surface area (Å²) in [5.74, 6) is 0. The van der Waals surface area contributed by atoms with Crippen LogP contribution in [0.5, 0.6) is 0 Å². The van der Waals surface area contributed by atoms with Gasteiger partial charge in [0, 0.05) is 0 Å². The molecule has 22 heavy (non-hydrogen) atoms. The molecule has 2 heteroatoms. The van der Waals surface area contributed by atoms with Crippen LogP contribution in [0.3, 0.4) is 0 Å². The molecule has 1 unspecified atom stereocenters. The third-order valence-corrected chi connectivity index (χ3v) is 13.1. The Kier molecular flexibility index (Phi) is 5.97. The van der Waals surface area contributed by atoms with Crippen LogP contribution in [0.4, 0.5) is 0 Å². The van der Waals surface area contributed by atoms with Gasteiger partial charge in [0.05, 0.1) is 0 Å². The topological polar surface area (TPSA) is 0 Å². The molecule has 0 amide bonds. The summed E-state index contributed by atoms with van der Waals surface area (Å²) in [6.07, 6.45) is 11.6. The van der Waals surface area contributed by atoms with Gasteiger partial charge in [-0.25, -0.2) is 0 Å². The molecule has 0 aromatic heterocycles. The van der Waals surface area contributed by atoms with E-state index in [0.29, 0.717) is 0 Å². The Morgan fingerprint density at radius 3 is 2.00 bits per heavy atom. The zero-order valence-electron chi connectivity index (χ0n) is 14.6. The van der Waals surface area contributed by atoms with E-state index >= 15 is 0 Å². The van der Waals surface area contributed by atoms with E-state index in [1.807, 2.05) is 10.6 Å². The molecule has 0 bridgehead atoms. The van der Waals surface area contributed by atoms with Gasteiger partial charge in [-0.1, -0.05) is 60.9 Å². The highest BCUT2D eigenvalue weighted by molar-refractivity contribution is 7.73. The van der Waals surface area contributed by atoms with Crippen molar-refractivity contribution in [3.63, 3.8) is 0 Å². The van der Waals surface area contributed by atoms with Gasteiger partial charge in [-0.2, -0.15) is 0 Å². The van der Waals surface area contributed by atoms with Crippen molar-refractivity contribution < 1.29 is 0 Å². The summed E-state index contributed by atoms with van der Waals surface area (Å²) < 4.78 is 0. The molecule has 2 heterocycles. The molecule has 2 fully saturated rings. The fraction of sp³-hybridized carbons (Fsp3) is 0.700. The molecule has 4 atom stereocenters. The first-order valence-corrected chi connectivity index (χ1v) is 12.5. The standard InChI is InChI=1S/C20H32P2/c1-4-16-10-9-15-21(16)19-11-7-8-12-20(19)22-17(5-2)13-14-18(22)6-3/h7-8,11-12,16-18H,4-6,9-10,13-15H2,1-3H3/t16-,17-,18-,21?/m0/s1. The van der Waals surface area contributed by atoms with Crippen LogP contribution in [-0.4, -0.2) is 23.1 Å². The molecule has 1 aromatic carbocycles. The molecule has 2 saturated heterocycles. The van der Waals surface area contributed by atoms with E-state index < -0.39 is 0 Å². The summed E-state index contributed by atoms with van der Waals surface area (Å²) >= 11 is 0. The highest BCUT2D eigenvalue weighted by Crippen LogP contribution is 2.59. The van der Waals surface area contributed by atoms with Crippen LogP contribution in [-0.2, 0) is 0 Å². The average Bonchev–Trinajstić information content (AvgIpc) is 3.20. The van der Waals surface area contributed by atoms with Gasteiger partial charge in [-0.05, 0) is 78.7 Å². The summed E-state index contributed by atoms with van der Waals surface area (Å²) in [4.78, 5) is 0. The summed E-state index contributed by atoms with van der Waals surface area (Å²) in [5.41, 5.74) is 3.01. The number of rotatable bonds is 5. The second kappa shape index (κ2) is 7.77. The van der Waals surface area contributed by atoms with Gasteiger partial charge >= 0.3 is 0 Å². The van der Waals surface area contributed by atoms with Gasteiger partial charge in [0.1, 0.15) is 0 Å². The third kappa shape index (κ3) is 3.16.